The quantitative estimate of drug-likeness (QED) is 0.908. The molecule has 0 radical (unpaired) electrons. The van der Waals surface area contributed by atoms with E-state index in [-0.39, 0.29) is 12.0 Å². The van der Waals surface area contributed by atoms with Gasteiger partial charge in [0, 0.05) is 28.1 Å². The molecule has 0 spiro atoms. The topological polar surface area (TPSA) is 29.5 Å². The maximum atomic E-state index is 10.4. The van der Waals surface area contributed by atoms with E-state index in [0.29, 0.717) is 22.2 Å². The van der Waals surface area contributed by atoms with Gasteiger partial charge < -0.3 is 9.84 Å². The van der Waals surface area contributed by atoms with Crippen LogP contribution in [0.15, 0.2) is 18.2 Å². The molecular formula is C13H16Cl2O2. The fourth-order valence-corrected chi connectivity index (χ4v) is 2.83. The summed E-state index contributed by atoms with van der Waals surface area (Å²) in [5.41, 5.74) is 0.702. The van der Waals surface area contributed by atoms with Crippen LogP contribution in [0.5, 0.6) is 0 Å². The second kappa shape index (κ2) is 5.57. The number of benzene rings is 1. The molecule has 1 heterocycles. The molecule has 0 amide bonds. The SMILES string of the molecule is CCC1OCCC1C(O)c1cc(Cl)ccc1Cl. The van der Waals surface area contributed by atoms with Crippen LogP contribution in [0.2, 0.25) is 10.0 Å². The molecule has 1 aromatic carbocycles. The predicted octanol–water partition coefficient (Wildman–Crippen LogP) is 3.84. The fourth-order valence-electron chi connectivity index (χ4n) is 2.42. The van der Waals surface area contributed by atoms with E-state index in [4.69, 9.17) is 27.9 Å². The molecule has 1 aliphatic heterocycles. The zero-order valence-corrected chi connectivity index (χ0v) is 11.2. The summed E-state index contributed by atoms with van der Waals surface area (Å²) in [5, 5.41) is 11.6. The second-order valence-corrected chi connectivity index (χ2v) is 5.22. The summed E-state index contributed by atoms with van der Waals surface area (Å²) in [7, 11) is 0. The molecule has 4 heteroatoms. The van der Waals surface area contributed by atoms with Crippen molar-refractivity contribution in [3.63, 3.8) is 0 Å². The predicted molar refractivity (Wildman–Crippen MR) is 69.6 cm³/mol. The van der Waals surface area contributed by atoms with Gasteiger partial charge in [0.25, 0.3) is 0 Å². The van der Waals surface area contributed by atoms with Gasteiger partial charge in [0.2, 0.25) is 0 Å². The Morgan fingerprint density at radius 3 is 2.94 bits per heavy atom. The molecule has 0 saturated carbocycles. The van der Waals surface area contributed by atoms with Gasteiger partial charge in [-0.1, -0.05) is 30.1 Å². The summed E-state index contributed by atoms with van der Waals surface area (Å²) in [6, 6.07) is 5.18. The summed E-state index contributed by atoms with van der Waals surface area (Å²) in [6.45, 7) is 2.77. The maximum Gasteiger partial charge on any atom is 0.0858 e. The normalized spacial score (nSPS) is 26.1. The molecule has 1 saturated heterocycles. The molecule has 0 aliphatic carbocycles. The van der Waals surface area contributed by atoms with Gasteiger partial charge in [0.1, 0.15) is 0 Å². The number of aliphatic hydroxyl groups excluding tert-OH is 1. The number of hydrogen-bond acceptors (Lipinski definition) is 2. The molecule has 17 heavy (non-hydrogen) atoms. The molecule has 2 nitrogen and oxygen atoms in total. The van der Waals surface area contributed by atoms with E-state index in [1.807, 2.05) is 0 Å². The zero-order valence-electron chi connectivity index (χ0n) is 9.70. The van der Waals surface area contributed by atoms with Crippen molar-refractivity contribution in [1.82, 2.24) is 0 Å². The molecule has 2 rings (SSSR count). The number of aliphatic hydroxyl groups is 1. The van der Waals surface area contributed by atoms with Crippen LogP contribution in [0.1, 0.15) is 31.4 Å². The summed E-state index contributed by atoms with van der Waals surface area (Å²) in [6.07, 6.45) is 1.27. The Morgan fingerprint density at radius 1 is 1.47 bits per heavy atom. The van der Waals surface area contributed by atoms with Crippen molar-refractivity contribution in [3.05, 3.63) is 33.8 Å². The van der Waals surface area contributed by atoms with E-state index in [1.165, 1.54) is 0 Å². The van der Waals surface area contributed by atoms with Crippen LogP contribution in [0.4, 0.5) is 0 Å². The lowest BCUT2D eigenvalue weighted by atomic mass is 9.89. The van der Waals surface area contributed by atoms with Crippen molar-refractivity contribution in [2.24, 2.45) is 5.92 Å². The minimum Gasteiger partial charge on any atom is -0.388 e. The largest absolute Gasteiger partial charge is 0.388 e. The van der Waals surface area contributed by atoms with Gasteiger partial charge in [-0.05, 0) is 31.0 Å². The first-order chi connectivity index (χ1) is 8.13. The molecule has 1 fully saturated rings. The van der Waals surface area contributed by atoms with Gasteiger partial charge >= 0.3 is 0 Å². The molecule has 1 aliphatic rings. The highest BCUT2D eigenvalue weighted by Crippen LogP contribution is 2.38. The van der Waals surface area contributed by atoms with Crippen LogP contribution >= 0.6 is 23.2 Å². The number of ether oxygens (including phenoxy) is 1. The van der Waals surface area contributed by atoms with Gasteiger partial charge in [-0.3, -0.25) is 0 Å². The summed E-state index contributed by atoms with van der Waals surface area (Å²) < 4.78 is 5.59. The Balaban J connectivity index is 2.24. The van der Waals surface area contributed by atoms with E-state index in [0.717, 1.165) is 12.8 Å². The van der Waals surface area contributed by atoms with Crippen molar-refractivity contribution in [1.29, 1.82) is 0 Å². The van der Waals surface area contributed by atoms with Crippen LogP contribution in [0.25, 0.3) is 0 Å². The lowest BCUT2D eigenvalue weighted by Crippen LogP contribution is -2.22. The first-order valence-electron chi connectivity index (χ1n) is 5.88. The standard InChI is InChI=1S/C13H16Cl2O2/c1-2-12-9(5-6-17-12)13(16)10-7-8(14)3-4-11(10)15/h3-4,7,9,12-13,16H,2,5-6H2,1H3. The summed E-state index contributed by atoms with van der Waals surface area (Å²) in [4.78, 5) is 0. The molecule has 3 atom stereocenters. The van der Waals surface area contributed by atoms with Gasteiger partial charge in [-0.2, -0.15) is 0 Å². The first kappa shape index (κ1) is 13.2. The molecule has 1 aromatic rings. The minimum absolute atomic E-state index is 0.107. The van der Waals surface area contributed by atoms with E-state index < -0.39 is 6.10 Å². The molecule has 94 valence electrons. The highest BCUT2D eigenvalue weighted by atomic mass is 35.5. The van der Waals surface area contributed by atoms with Gasteiger partial charge in [-0.15, -0.1) is 0 Å². The van der Waals surface area contributed by atoms with Crippen molar-refractivity contribution in [2.45, 2.75) is 32.0 Å². The second-order valence-electron chi connectivity index (χ2n) is 4.38. The molecule has 1 N–H and O–H groups in total. The lowest BCUT2D eigenvalue weighted by Gasteiger charge is -2.23. The monoisotopic (exact) mass is 274 g/mol. The van der Waals surface area contributed by atoms with Crippen LogP contribution in [0.3, 0.4) is 0 Å². The van der Waals surface area contributed by atoms with Crippen LogP contribution in [-0.2, 0) is 4.74 Å². The Bertz CT molecular complexity index is 395. The number of rotatable bonds is 3. The average Bonchev–Trinajstić information content (AvgIpc) is 2.79. The first-order valence-corrected chi connectivity index (χ1v) is 6.63. The minimum atomic E-state index is -0.603. The highest BCUT2D eigenvalue weighted by molar-refractivity contribution is 6.33. The van der Waals surface area contributed by atoms with Crippen molar-refractivity contribution < 1.29 is 9.84 Å². The van der Waals surface area contributed by atoms with E-state index in [1.54, 1.807) is 18.2 Å². The van der Waals surface area contributed by atoms with Crippen LogP contribution in [-0.4, -0.2) is 17.8 Å². The van der Waals surface area contributed by atoms with Crippen molar-refractivity contribution in [3.8, 4) is 0 Å². The summed E-state index contributed by atoms with van der Waals surface area (Å²) >= 11 is 12.0. The molecule has 3 unspecified atom stereocenters. The Hall–Kier alpha value is -0.280. The fraction of sp³-hybridized carbons (Fsp3) is 0.538. The Morgan fingerprint density at radius 2 is 2.24 bits per heavy atom. The Labute approximate surface area is 111 Å². The van der Waals surface area contributed by atoms with Crippen LogP contribution in [0, 0.1) is 5.92 Å². The molecule has 0 aromatic heterocycles. The Kier molecular flexibility index (Phi) is 4.31. The van der Waals surface area contributed by atoms with Crippen molar-refractivity contribution >= 4 is 23.2 Å². The number of halogens is 2. The summed E-state index contributed by atoms with van der Waals surface area (Å²) in [5.74, 6) is 0.107. The van der Waals surface area contributed by atoms with Gasteiger partial charge in [0.05, 0.1) is 12.2 Å². The van der Waals surface area contributed by atoms with Gasteiger partial charge in [0.15, 0.2) is 0 Å². The van der Waals surface area contributed by atoms with Crippen molar-refractivity contribution in [2.75, 3.05) is 6.61 Å². The number of hydrogen-bond donors (Lipinski definition) is 1. The van der Waals surface area contributed by atoms with E-state index in [2.05, 4.69) is 6.92 Å². The third-order valence-corrected chi connectivity index (χ3v) is 3.92. The highest BCUT2D eigenvalue weighted by Gasteiger charge is 2.34. The third-order valence-electron chi connectivity index (χ3n) is 3.35. The maximum absolute atomic E-state index is 10.4. The van der Waals surface area contributed by atoms with Crippen LogP contribution < -0.4 is 0 Å². The molecular weight excluding hydrogens is 259 g/mol. The molecule has 0 bridgehead atoms. The van der Waals surface area contributed by atoms with Gasteiger partial charge in [-0.25, -0.2) is 0 Å². The lowest BCUT2D eigenvalue weighted by molar-refractivity contribution is 0.0308. The zero-order chi connectivity index (χ0) is 12.4. The third kappa shape index (κ3) is 2.76. The van der Waals surface area contributed by atoms with E-state index in [9.17, 15) is 5.11 Å². The van der Waals surface area contributed by atoms with E-state index >= 15 is 0 Å². The average molecular weight is 275 g/mol. The smallest absolute Gasteiger partial charge is 0.0858 e.